The molecule has 0 fully saturated rings. The van der Waals surface area contributed by atoms with Crippen molar-refractivity contribution < 1.29 is 9.66 Å². The Kier molecular flexibility index (Phi) is 2.97. The van der Waals surface area contributed by atoms with Gasteiger partial charge in [0.1, 0.15) is 5.76 Å². The summed E-state index contributed by atoms with van der Waals surface area (Å²) in [4.78, 5) is 12.2. The van der Waals surface area contributed by atoms with Gasteiger partial charge < -0.3 is 15.0 Å². The van der Waals surface area contributed by atoms with Gasteiger partial charge in [0, 0.05) is 18.3 Å². The zero-order valence-corrected chi connectivity index (χ0v) is 9.64. The van der Waals surface area contributed by atoms with Crippen LogP contribution < -0.4 is 10.1 Å². The molecule has 1 aliphatic heterocycles. The number of benzene rings is 1. The van der Waals surface area contributed by atoms with Gasteiger partial charge in [-0.1, -0.05) is 0 Å². The molecule has 0 saturated heterocycles. The molecule has 0 spiro atoms. The Morgan fingerprint density at radius 1 is 1.47 bits per heavy atom. The lowest BCUT2D eigenvalue weighted by Crippen LogP contribution is -2.20. The van der Waals surface area contributed by atoms with Crippen LogP contribution in [0, 0.1) is 10.1 Å². The first-order chi connectivity index (χ1) is 8.06. The third-order valence-electron chi connectivity index (χ3n) is 2.28. The van der Waals surface area contributed by atoms with Crippen LogP contribution in [-0.4, -0.2) is 30.5 Å². The first kappa shape index (κ1) is 11.4. The predicted molar refractivity (Wildman–Crippen MR) is 64.0 cm³/mol. The summed E-state index contributed by atoms with van der Waals surface area (Å²) in [7, 11) is 3.88. The van der Waals surface area contributed by atoms with E-state index in [9.17, 15) is 10.1 Å². The number of non-ortho nitro benzene ring substituents is 1. The fourth-order valence-corrected chi connectivity index (χ4v) is 1.55. The molecule has 0 aromatic heterocycles. The van der Waals surface area contributed by atoms with Crippen molar-refractivity contribution in [3.8, 4) is 5.75 Å². The lowest BCUT2D eigenvalue weighted by atomic mass is 10.2. The Morgan fingerprint density at radius 2 is 2.24 bits per heavy atom. The van der Waals surface area contributed by atoms with Crippen molar-refractivity contribution in [3.63, 3.8) is 0 Å². The summed E-state index contributed by atoms with van der Waals surface area (Å²) >= 11 is 0. The highest BCUT2D eigenvalue weighted by Gasteiger charge is 2.16. The third kappa shape index (κ3) is 2.54. The van der Waals surface area contributed by atoms with Crippen LogP contribution in [0.15, 0.2) is 30.2 Å². The molecule has 0 amide bonds. The van der Waals surface area contributed by atoms with Crippen molar-refractivity contribution in [2.45, 2.75) is 0 Å². The summed E-state index contributed by atoms with van der Waals surface area (Å²) in [5, 5.41) is 13.6. The average Bonchev–Trinajstić information content (AvgIpc) is 2.27. The molecule has 1 heterocycles. The smallest absolute Gasteiger partial charge is 0.271 e. The maximum Gasteiger partial charge on any atom is 0.271 e. The van der Waals surface area contributed by atoms with Gasteiger partial charge in [-0.15, -0.1) is 0 Å². The van der Waals surface area contributed by atoms with Crippen molar-refractivity contribution in [2.24, 2.45) is 0 Å². The summed E-state index contributed by atoms with van der Waals surface area (Å²) < 4.78 is 5.61. The van der Waals surface area contributed by atoms with Crippen molar-refractivity contribution in [3.05, 3.63) is 40.3 Å². The lowest BCUT2D eigenvalue weighted by molar-refractivity contribution is -0.384. The Hall–Kier alpha value is -2.08. The van der Waals surface area contributed by atoms with Crippen molar-refractivity contribution in [1.29, 1.82) is 0 Å². The van der Waals surface area contributed by atoms with Crippen LogP contribution in [0.4, 0.5) is 11.4 Å². The van der Waals surface area contributed by atoms with Gasteiger partial charge in [-0.2, -0.15) is 0 Å². The molecule has 0 bridgehead atoms. The first-order valence-electron chi connectivity index (χ1n) is 5.13. The Morgan fingerprint density at radius 3 is 2.88 bits per heavy atom. The van der Waals surface area contributed by atoms with Gasteiger partial charge in [0.25, 0.3) is 5.69 Å². The minimum absolute atomic E-state index is 0.0457. The van der Waals surface area contributed by atoms with E-state index in [0.29, 0.717) is 18.0 Å². The fraction of sp³-hybridized carbons (Fsp3) is 0.273. The average molecular weight is 235 g/mol. The monoisotopic (exact) mass is 235 g/mol. The summed E-state index contributed by atoms with van der Waals surface area (Å²) in [6.07, 6.45) is 1.71. The molecule has 0 aliphatic carbocycles. The standard InChI is InChI=1S/C11H13N3O3/c1-13(2)7-9-6-12-10-5-8(14(15)16)3-4-11(10)17-9/h3-6,12H,7H2,1-2H3. The van der Waals surface area contributed by atoms with Crippen LogP contribution in [0.5, 0.6) is 5.75 Å². The second-order valence-corrected chi connectivity index (χ2v) is 4.03. The quantitative estimate of drug-likeness (QED) is 0.639. The van der Waals surface area contributed by atoms with Gasteiger partial charge in [0.15, 0.2) is 5.75 Å². The van der Waals surface area contributed by atoms with E-state index in [2.05, 4.69) is 5.32 Å². The first-order valence-corrected chi connectivity index (χ1v) is 5.13. The Balaban J connectivity index is 2.20. The molecule has 6 heteroatoms. The minimum atomic E-state index is -0.430. The highest BCUT2D eigenvalue weighted by Crippen LogP contribution is 2.33. The number of nitrogens with zero attached hydrogens (tertiary/aromatic N) is 2. The van der Waals surface area contributed by atoms with Crippen molar-refractivity contribution in [1.82, 2.24) is 4.90 Å². The number of hydrogen-bond acceptors (Lipinski definition) is 5. The molecule has 1 aromatic rings. The van der Waals surface area contributed by atoms with E-state index in [1.807, 2.05) is 19.0 Å². The van der Waals surface area contributed by atoms with Crippen LogP contribution in [0.25, 0.3) is 0 Å². The van der Waals surface area contributed by atoms with Gasteiger partial charge >= 0.3 is 0 Å². The van der Waals surface area contributed by atoms with Crippen LogP contribution in [0.3, 0.4) is 0 Å². The molecule has 1 N–H and O–H groups in total. The summed E-state index contributed by atoms with van der Waals surface area (Å²) in [6, 6.07) is 4.49. The molecular formula is C11H13N3O3. The number of fused-ring (bicyclic) bond motifs is 1. The van der Waals surface area contributed by atoms with E-state index < -0.39 is 4.92 Å². The Bertz CT molecular complexity index is 483. The van der Waals surface area contributed by atoms with Gasteiger partial charge in [0.2, 0.25) is 0 Å². The summed E-state index contributed by atoms with van der Waals surface area (Å²) in [5.41, 5.74) is 0.658. The molecule has 90 valence electrons. The lowest BCUT2D eigenvalue weighted by Gasteiger charge is -2.21. The van der Waals surface area contributed by atoms with Gasteiger partial charge in [-0.25, -0.2) is 0 Å². The number of rotatable bonds is 3. The number of nitro groups is 1. The SMILES string of the molecule is CN(C)CC1=CNc2cc([N+](=O)[O-])ccc2O1. The van der Waals surface area contributed by atoms with Crippen LogP contribution in [0.2, 0.25) is 0 Å². The molecule has 6 nitrogen and oxygen atoms in total. The van der Waals surface area contributed by atoms with Crippen molar-refractivity contribution in [2.75, 3.05) is 26.0 Å². The number of likely N-dealkylation sites (N-methyl/N-ethyl adjacent to an activating group) is 1. The normalized spacial score (nSPS) is 13.5. The van der Waals surface area contributed by atoms with Gasteiger partial charge in [-0.05, 0) is 20.2 Å². The van der Waals surface area contributed by atoms with E-state index in [1.165, 1.54) is 12.1 Å². The molecule has 0 saturated carbocycles. The minimum Gasteiger partial charge on any atom is -0.457 e. The van der Waals surface area contributed by atoms with E-state index in [4.69, 9.17) is 4.74 Å². The molecule has 1 aromatic carbocycles. The zero-order chi connectivity index (χ0) is 12.4. The van der Waals surface area contributed by atoms with E-state index in [-0.39, 0.29) is 5.69 Å². The molecule has 2 rings (SSSR count). The summed E-state index contributed by atoms with van der Waals surface area (Å²) in [6.45, 7) is 0.670. The largest absolute Gasteiger partial charge is 0.457 e. The van der Waals surface area contributed by atoms with Gasteiger partial charge in [-0.3, -0.25) is 10.1 Å². The fourth-order valence-electron chi connectivity index (χ4n) is 1.55. The van der Waals surface area contributed by atoms with E-state index in [1.54, 1.807) is 12.3 Å². The molecule has 0 unspecified atom stereocenters. The highest BCUT2D eigenvalue weighted by molar-refractivity contribution is 5.64. The molecular weight excluding hydrogens is 222 g/mol. The van der Waals surface area contributed by atoms with Crippen LogP contribution >= 0.6 is 0 Å². The number of anilines is 1. The molecule has 0 atom stereocenters. The molecule has 17 heavy (non-hydrogen) atoms. The van der Waals surface area contributed by atoms with Crippen LogP contribution in [0.1, 0.15) is 0 Å². The highest BCUT2D eigenvalue weighted by atomic mass is 16.6. The second kappa shape index (κ2) is 4.42. The predicted octanol–water partition coefficient (Wildman–Crippen LogP) is 1.80. The zero-order valence-electron chi connectivity index (χ0n) is 9.64. The van der Waals surface area contributed by atoms with Crippen LogP contribution in [-0.2, 0) is 0 Å². The molecule has 1 aliphatic rings. The maximum atomic E-state index is 10.6. The Labute approximate surface area is 98.6 Å². The van der Waals surface area contributed by atoms with Gasteiger partial charge in [0.05, 0.1) is 17.2 Å². The number of hydrogen-bond donors (Lipinski definition) is 1. The molecule has 0 radical (unpaired) electrons. The topological polar surface area (TPSA) is 67.6 Å². The van der Waals surface area contributed by atoms with Crippen molar-refractivity contribution >= 4 is 11.4 Å². The summed E-state index contributed by atoms with van der Waals surface area (Å²) in [5.74, 6) is 1.38. The number of nitrogens with one attached hydrogen (secondary N) is 1. The number of ether oxygens (including phenoxy) is 1. The third-order valence-corrected chi connectivity index (χ3v) is 2.28. The maximum absolute atomic E-state index is 10.6. The van der Waals surface area contributed by atoms with E-state index >= 15 is 0 Å². The second-order valence-electron chi connectivity index (χ2n) is 4.03. The number of nitro benzene ring substituents is 1. The van der Waals surface area contributed by atoms with E-state index in [0.717, 1.165) is 5.76 Å².